The second-order valence-electron chi connectivity index (χ2n) is 9.38. The number of nitrogens with zero attached hydrogens (tertiary/aromatic N) is 4. The lowest BCUT2D eigenvalue weighted by Crippen LogP contribution is -2.41. The van der Waals surface area contributed by atoms with Crippen molar-refractivity contribution in [3.05, 3.63) is 47.8 Å². The number of benzene rings is 1. The average Bonchev–Trinajstić information content (AvgIpc) is 2.82. The van der Waals surface area contributed by atoms with Gasteiger partial charge < -0.3 is 19.5 Å². The molecule has 1 amide bonds. The summed E-state index contributed by atoms with van der Waals surface area (Å²) in [5.41, 5.74) is 4.06. The number of aliphatic hydroxyl groups is 1. The largest absolute Gasteiger partial charge is 0.479 e. The molecule has 1 N–H and O–H groups in total. The Morgan fingerprint density at radius 3 is 2.70 bits per heavy atom. The quantitative estimate of drug-likeness (QED) is 0.647. The normalized spacial score (nSPS) is 17.8. The van der Waals surface area contributed by atoms with E-state index in [1.807, 2.05) is 45.0 Å². The molecule has 2 unspecified atom stereocenters. The lowest BCUT2D eigenvalue weighted by Gasteiger charge is -2.34. The fourth-order valence-corrected chi connectivity index (χ4v) is 4.10. The first-order valence-electron chi connectivity index (χ1n) is 11.0. The van der Waals surface area contributed by atoms with Crippen molar-refractivity contribution in [2.45, 2.75) is 39.9 Å². The van der Waals surface area contributed by atoms with Crippen LogP contribution in [-0.4, -0.2) is 57.7 Å². The number of aromatic nitrogens is 3. The van der Waals surface area contributed by atoms with Crippen LogP contribution in [0.4, 0.5) is 0 Å². The first-order valence-corrected chi connectivity index (χ1v) is 11.0. The summed E-state index contributed by atoms with van der Waals surface area (Å²) in [4.78, 5) is 27.3. The van der Waals surface area contributed by atoms with Gasteiger partial charge in [0.2, 0.25) is 11.8 Å². The number of hydrogen-bond acceptors (Lipinski definition) is 7. The molecule has 2 aromatic heterocycles. The van der Waals surface area contributed by atoms with Crippen LogP contribution in [0.25, 0.3) is 22.3 Å². The predicted molar refractivity (Wildman–Crippen MR) is 125 cm³/mol. The maximum absolute atomic E-state index is 12.1. The highest BCUT2D eigenvalue weighted by atomic mass is 16.5. The van der Waals surface area contributed by atoms with Gasteiger partial charge in [0, 0.05) is 31.4 Å². The van der Waals surface area contributed by atoms with Crippen molar-refractivity contribution in [3.63, 3.8) is 0 Å². The van der Waals surface area contributed by atoms with E-state index in [1.54, 1.807) is 31.3 Å². The molecular formula is C25H30N4O4. The molecular weight excluding hydrogens is 420 g/mol. The summed E-state index contributed by atoms with van der Waals surface area (Å²) in [6, 6.07) is 7.69. The van der Waals surface area contributed by atoms with E-state index in [0.717, 1.165) is 16.7 Å². The van der Waals surface area contributed by atoms with Gasteiger partial charge in [0.1, 0.15) is 6.10 Å². The molecule has 8 heteroatoms. The molecule has 1 fully saturated rings. The molecule has 0 radical (unpaired) electrons. The highest BCUT2D eigenvalue weighted by Crippen LogP contribution is 2.39. The Kier molecular flexibility index (Phi) is 6.32. The van der Waals surface area contributed by atoms with Crippen molar-refractivity contribution >= 4 is 16.9 Å². The number of carbonyl (C=O) groups excluding carboxylic acids is 1. The van der Waals surface area contributed by atoms with Crippen molar-refractivity contribution < 1.29 is 19.4 Å². The van der Waals surface area contributed by atoms with Gasteiger partial charge in [-0.3, -0.25) is 9.78 Å². The van der Waals surface area contributed by atoms with Gasteiger partial charge in [-0.05, 0) is 28.7 Å². The molecule has 0 aliphatic carbocycles. The van der Waals surface area contributed by atoms with Crippen LogP contribution in [0.5, 0.6) is 5.88 Å². The van der Waals surface area contributed by atoms with Crippen LogP contribution in [-0.2, 0) is 9.53 Å². The second-order valence-corrected chi connectivity index (χ2v) is 9.38. The molecule has 1 saturated heterocycles. The van der Waals surface area contributed by atoms with E-state index in [4.69, 9.17) is 14.5 Å². The molecule has 2 atom stereocenters. The van der Waals surface area contributed by atoms with Gasteiger partial charge in [-0.15, -0.1) is 0 Å². The Labute approximate surface area is 193 Å². The van der Waals surface area contributed by atoms with Crippen LogP contribution in [0.15, 0.2) is 36.7 Å². The topological polar surface area (TPSA) is 97.7 Å². The van der Waals surface area contributed by atoms with Crippen LogP contribution in [0.2, 0.25) is 0 Å². The number of amides is 1. The maximum atomic E-state index is 12.1. The van der Waals surface area contributed by atoms with Crippen molar-refractivity contribution in [2.75, 3.05) is 26.8 Å². The zero-order valence-corrected chi connectivity index (χ0v) is 19.7. The first-order chi connectivity index (χ1) is 15.7. The third-order valence-electron chi connectivity index (χ3n) is 5.96. The van der Waals surface area contributed by atoms with Crippen molar-refractivity contribution in [1.29, 1.82) is 0 Å². The van der Waals surface area contributed by atoms with Gasteiger partial charge in [-0.2, -0.15) is 0 Å². The molecule has 1 aliphatic heterocycles. The monoisotopic (exact) mass is 450 g/mol. The fraction of sp³-hybridized carbons (Fsp3) is 0.440. The maximum Gasteiger partial charge on any atom is 0.242 e. The minimum absolute atomic E-state index is 0.0107. The van der Waals surface area contributed by atoms with Crippen molar-refractivity contribution in [2.24, 2.45) is 5.41 Å². The Hall–Kier alpha value is -3.10. The number of pyridine rings is 1. The average molecular weight is 451 g/mol. The lowest BCUT2D eigenvalue weighted by molar-refractivity contribution is -0.136. The van der Waals surface area contributed by atoms with Gasteiger partial charge in [0.25, 0.3) is 0 Å². The molecule has 1 aliphatic rings. The minimum atomic E-state index is -0.664. The Bertz CT molecular complexity index is 1170. The van der Waals surface area contributed by atoms with E-state index in [0.29, 0.717) is 42.3 Å². The molecule has 0 spiro atoms. The molecule has 33 heavy (non-hydrogen) atoms. The number of aliphatic hydroxyl groups excluding tert-OH is 1. The first kappa shape index (κ1) is 23.1. The van der Waals surface area contributed by atoms with Crippen LogP contribution in [0.1, 0.15) is 51.0 Å². The van der Waals surface area contributed by atoms with E-state index in [-0.39, 0.29) is 17.4 Å². The third kappa shape index (κ3) is 4.67. The Morgan fingerprint density at radius 1 is 1.24 bits per heavy atom. The summed E-state index contributed by atoms with van der Waals surface area (Å²) < 4.78 is 11.6. The summed E-state index contributed by atoms with van der Waals surface area (Å²) in [6.07, 6.45) is 2.22. The van der Waals surface area contributed by atoms with Gasteiger partial charge in [0.05, 0.1) is 37.6 Å². The van der Waals surface area contributed by atoms with Crippen LogP contribution >= 0.6 is 0 Å². The number of fused-ring (bicyclic) bond motifs is 1. The van der Waals surface area contributed by atoms with Crippen LogP contribution < -0.4 is 4.74 Å². The number of morpholine rings is 1. The summed E-state index contributed by atoms with van der Waals surface area (Å²) in [5.74, 6) is 0.395. The highest BCUT2D eigenvalue weighted by molar-refractivity contribution is 5.84. The SMILES string of the molecule is COc1nc(-c2ccc(C(O)C(C)(C)C)cc2C2CN(C(C)=O)CCO2)cc2nccnc12. The standard InChI is InChI=1S/C25H30N4O4/c1-15(30)29-10-11-33-21(14-29)18-12-16(23(31)25(2,3)4)6-7-17(18)19-13-20-22(24(28-19)32-5)27-9-8-26-20/h6-9,12-13,21,23,31H,10-11,14H2,1-5H3. The fourth-order valence-electron chi connectivity index (χ4n) is 4.10. The molecule has 0 saturated carbocycles. The molecule has 1 aromatic carbocycles. The van der Waals surface area contributed by atoms with E-state index in [2.05, 4.69) is 9.97 Å². The Morgan fingerprint density at radius 2 is 2.00 bits per heavy atom. The summed E-state index contributed by atoms with van der Waals surface area (Å²) in [5, 5.41) is 10.9. The van der Waals surface area contributed by atoms with Gasteiger partial charge in [0.15, 0.2) is 5.52 Å². The summed E-state index contributed by atoms with van der Waals surface area (Å²) >= 11 is 0. The smallest absolute Gasteiger partial charge is 0.242 e. The number of rotatable bonds is 4. The molecule has 8 nitrogen and oxygen atoms in total. The minimum Gasteiger partial charge on any atom is -0.479 e. The highest BCUT2D eigenvalue weighted by Gasteiger charge is 2.29. The van der Waals surface area contributed by atoms with Gasteiger partial charge >= 0.3 is 0 Å². The predicted octanol–water partition coefficient (Wildman–Crippen LogP) is 3.70. The molecule has 3 aromatic rings. The number of ether oxygens (including phenoxy) is 2. The molecule has 4 rings (SSSR count). The molecule has 0 bridgehead atoms. The van der Waals surface area contributed by atoms with E-state index >= 15 is 0 Å². The zero-order valence-electron chi connectivity index (χ0n) is 19.7. The van der Waals surface area contributed by atoms with Gasteiger partial charge in [-0.25, -0.2) is 9.97 Å². The zero-order chi connectivity index (χ0) is 23.8. The molecule has 3 heterocycles. The molecule has 174 valence electrons. The summed E-state index contributed by atoms with van der Waals surface area (Å²) in [7, 11) is 1.55. The lowest BCUT2D eigenvalue weighted by atomic mass is 9.83. The van der Waals surface area contributed by atoms with Crippen molar-refractivity contribution in [3.8, 4) is 17.1 Å². The summed E-state index contributed by atoms with van der Waals surface area (Å²) in [6.45, 7) is 8.98. The number of methoxy groups -OCH3 is 1. The third-order valence-corrected chi connectivity index (χ3v) is 5.96. The van der Waals surface area contributed by atoms with E-state index in [1.165, 1.54) is 0 Å². The number of hydrogen-bond donors (Lipinski definition) is 1. The van der Waals surface area contributed by atoms with Crippen LogP contribution in [0, 0.1) is 5.41 Å². The Balaban J connectivity index is 1.87. The van der Waals surface area contributed by atoms with E-state index in [9.17, 15) is 9.90 Å². The van der Waals surface area contributed by atoms with Gasteiger partial charge in [-0.1, -0.05) is 32.9 Å². The van der Waals surface area contributed by atoms with E-state index < -0.39 is 6.10 Å². The second kappa shape index (κ2) is 9.03. The van der Waals surface area contributed by atoms with Crippen molar-refractivity contribution in [1.82, 2.24) is 19.9 Å². The van der Waals surface area contributed by atoms with Crippen LogP contribution in [0.3, 0.4) is 0 Å². The number of carbonyl (C=O) groups is 1.